The Labute approximate surface area is 149 Å². The van der Waals surface area contributed by atoms with Crippen molar-refractivity contribution in [2.75, 3.05) is 4.72 Å². The van der Waals surface area contributed by atoms with E-state index in [1.54, 1.807) is 49.4 Å². The van der Waals surface area contributed by atoms with Gasteiger partial charge in [-0.15, -0.1) is 0 Å². The zero-order valence-corrected chi connectivity index (χ0v) is 14.7. The lowest BCUT2D eigenvalue weighted by Crippen LogP contribution is -2.16. The number of nitrogens with one attached hydrogen (secondary N) is 1. The lowest BCUT2D eigenvalue weighted by molar-refractivity contribution is 0.600. The minimum atomic E-state index is -3.89. The highest BCUT2D eigenvalue weighted by atomic mass is 35.5. The van der Waals surface area contributed by atoms with Gasteiger partial charge < -0.3 is 0 Å². The lowest BCUT2D eigenvalue weighted by Gasteiger charge is -2.09. The number of anilines is 1. The van der Waals surface area contributed by atoms with Crippen LogP contribution in [0.4, 0.5) is 11.5 Å². The maximum absolute atomic E-state index is 12.6. The van der Waals surface area contributed by atoms with E-state index in [2.05, 4.69) is 14.8 Å². The molecule has 1 heterocycles. The largest absolute Gasteiger partial charge is 0.450 e. The number of hydrogen-bond acceptors (Lipinski definition) is 4. The summed E-state index contributed by atoms with van der Waals surface area (Å²) in [7, 11) is -3.89. The maximum Gasteiger partial charge on any atom is 0.450 e. The van der Waals surface area contributed by atoms with Gasteiger partial charge in [0, 0.05) is 5.02 Å². The van der Waals surface area contributed by atoms with Crippen molar-refractivity contribution < 1.29 is 8.42 Å². The highest BCUT2D eigenvalue weighted by Crippen LogP contribution is 2.33. The molecule has 7 nitrogen and oxygen atoms in total. The molecule has 0 radical (unpaired) electrons. The van der Waals surface area contributed by atoms with Crippen molar-refractivity contribution in [3.05, 3.63) is 70.3 Å². The molecule has 0 aliphatic heterocycles. The van der Waals surface area contributed by atoms with Crippen molar-refractivity contribution in [1.82, 2.24) is 9.78 Å². The number of benzene rings is 2. The zero-order chi connectivity index (χ0) is 18.0. The molecule has 0 atom stereocenters. The van der Waals surface area contributed by atoms with Gasteiger partial charge in [0.1, 0.15) is 0 Å². The van der Waals surface area contributed by atoms with Gasteiger partial charge in [-0.3, -0.25) is 4.72 Å². The van der Waals surface area contributed by atoms with Crippen molar-refractivity contribution in [1.29, 1.82) is 5.39 Å². The second kappa shape index (κ2) is 6.55. The van der Waals surface area contributed by atoms with Gasteiger partial charge in [0.25, 0.3) is 10.0 Å². The molecule has 126 valence electrons. The Kier molecular flexibility index (Phi) is 4.44. The molecule has 3 rings (SSSR count). The van der Waals surface area contributed by atoms with E-state index in [4.69, 9.17) is 11.6 Å². The molecule has 0 fully saturated rings. The van der Waals surface area contributed by atoms with Crippen LogP contribution in [0.5, 0.6) is 0 Å². The van der Waals surface area contributed by atoms with Gasteiger partial charge in [0.05, 0.1) is 10.6 Å². The number of hydrogen-bond donors (Lipinski definition) is 1. The predicted octanol–water partition coefficient (Wildman–Crippen LogP) is 4.12. The molecule has 0 unspecified atom stereocenters. The van der Waals surface area contributed by atoms with Gasteiger partial charge >= 0.3 is 5.69 Å². The van der Waals surface area contributed by atoms with Crippen molar-refractivity contribution in [3.8, 4) is 5.69 Å². The molecule has 9 heteroatoms. The fourth-order valence-corrected chi connectivity index (χ4v) is 3.57. The summed E-state index contributed by atoms with van der Waals surface area (Å²) in [5.41, 5.74) is 0.906. The number of aryl methyl sites for hydroxylation is 1. The molecule has 3 aromatic rings. The van der Waals surface area contributed by atoms with Gasteiger partial charge in [0.15, 0.2) is 10.7 Å². The fourth-order valence-electron chi connectivity index (χ4n) is 2.31. The van der Waals surface area contributed by atoms with E-state index in [1.165, 1.54) is 16.8 Å². The van der Waals surface area contributed by atoms with Gasteiger partial charge in [-0.05, 0) is 37.3 Å². The summed E-state index contributed by atoms with van der Waals surface area (Å²) in [5, 5.41) is 14.0. The van der Waals surface area contributed by atoms with Crippen LogP contribution in [0.2, 0.25) is 5.02 Å². The monoisotopic (exact) mass is 374 g/mol. The smallest absolute Gasteiger partial charge is 0.256 e. The third-order valence-electron chi connectivity index (χ3n) is 3.47. The lowest BCUT2D eigenvalue weighted by atomic mass is 10.3. The predicted molar refractivity (Wildman–Crippen MR) is 95.3 cm³/mol. The first-order chi connectivity index (χ1) is 11.9. The van der Waals surface area contributed by atoms with E-state index in [0.717, 1.165) is 0 Å². The minimum Gasteiger partial charge on any atom is -0.256 e. The van der Waals surface area contributed by atoms with Crippen molar-refractivity contribution >= 4 is 33.1 Å². The molecule has 0 aliphatic rings. The molecule has 0 saturated heterocycles. The standard InChI is InChI=1S/C16H13ClN5O2S/c1-11-15(19-18)16(21-25(23,24)14-8-3-2-4-9-14)22(20-11)13-7-5-6-12(17)10-13/h2-10,21H,1H3/q+1. The minimum absolute atomic E-state index is 0.0196. The number of rotatable bonds is 4. The van der Waals surface area contributed by atoms with Gasteiger partial charge in [-0.2, -0.15) is 5.10 Å². The quantitative estimate of drug-likeness (QED) is 0.695. The summed E-state index contributed by atoms with van der Waals surface area (Å²) in [6, 6.07) is 14.6. The number of diazo groups is 1. The van der Waals surface area contributed by atoms with Crippen LogP contribution < -0.4 is 4.72 Å². The molecule has 1 aromatic heterocycles. The third-order valence-corrected chi connectivity index (χ3v) is 5.06. The second-order valence-electron chi connectivity index (χ2n) is 5.19. The molecular weight excluding hydrogens is 362 g/mol. The van der Waals surface area contributed by atoms with Crippen molar-refractivity contribution in [2.45, 2.75) is 11.8 Å². The summed E-state index contributed by atoms with van der Waals surface area (Å²) in [6.45, 7) is 1.61. The number of halogens is 1. The zero-order valence-electron chi connectivity index (χ0n) is 13.1. The fraction of sp³-hybridized carbons (Fsp3) is 0.0625. The molecule has 1 N–H and O–H groups in total. The van der Waals surface area contributed by atoms with Gasteiger partial charge in [-0.1, -0.05) is 35.9 Å². The first-order valence-electron chi connectivity index (χ1n) is 7.21. The summed E-state index contributed by atoms with van der Waals surface area (Å²) in [5.74, 6) is 0.0196. The first kappa shape index (κ1) is 17.0. The van der Waals surface area contributed by atoms with Crippen LogP contribution in [0.15, 0.2) is 59.5 Å². The molecule has 2 aromatic carbocycles. The van der Waals surface area contributed by atoms with Crippen LogP contribution in [0, 0.1) is 12.3 Å². The maximum atomic E-state index is 12.6. The van der Waals surface area contributed by atoms with E-state index < -0.39 is 10.0 Å². The Morgan fingerprint density at radius 2 is 1.88 bits per heavy atom. The van der Waals surface area contributed by atoms with E-state index in [9.17, 15) is 13.8 Å². The van der Waals surface area contributed by atoms with Gasteiger partial charge in [-0.25, -0.2) is 13.1 Å². The van der Waals surface area contributed by atoms with E-state index >= 15 is 0 Å². The average Bonchev–Trinajstić information content (AvgIpc) is 2.90. The molecule has 0 aliphatic carbocycles. The first-order valence-corrected chi connectivity index (χ1v) is 9.07. The molecule has 0 bridgehead atoms. The van der Waals surface area contributed by atoms with E-state index in [1.807, 2.05) is 0 Å². The summed E-state index contributed by atoms with van der Waals surface area (Å²) >= 11 is 6.00. The highest BCUT2D eigenvalue weighted by molar-refractivity contribution is 7.92. The molecule has 0 amide bonds. The van der Waals surface area contributed by atoms with Crippen LogP contribution in [0.25, 0.3) is 10.7 Å². The van der Waals surface area contributed by atoms with Crippen LogP contribution in [-0.2, 0) is 10.0 Å². The number of aromatic nitrogens is 2. The topological polar surface area (TPSA) is 92.1 Å². The molecule has 25 heavy (non-hydrogen) atoms. The Balaban J connectivity index is 2.14. The number of sulfonamides is 1. The van der Waals surface area contributed by atoms with Gasteiger partial charge in [0.2, 0.25) is 11.2 Å². The summed E-state index contributed by atoms with van der Waals surface area (Å²) in [4.78, 5) is 3.25. The van der Waals surface area contributed by atoms with Crippen molar-refractivity contribution in [3.63, 3.8) is 0 Å². The SMILES string of the molecule is Cc1nn(-c2cccc(Cl)c2)c(NS(=O)(=O)c2ccccc2)c1[N+]#N. The van der Waals surface area contributed by atoms with Crippen LogP contribution in [0.3, 0.4) is 0 Å². The Morgan fingerprint density at radius 3 is 2.52 bits per heavy atom. The highest BCUT2D eigenvalue weighted by Gasteiger charge is 2.30. The summed E-state index contributed by atoms with van der Waals surface area (Å²) in [6.07, 6.45) is 0. The third kappa shape index (κ3) is 3.33. The second-order valence-corrected chi connectivity index (χ2v) is 7.31. The summed E-state index contributed by atoms with van der Waals surface area (Å²) < 4.78 is 29.0. The molecular formula is C16H13ClN5O2S+. The van der Waals surface area contributed by atoms with Crippen LogP contribution >= 0.6 is 11.6 Å². The van der Waals surface area contributed by atoms with E-state index in [-0.39, 0.29) is 16.4 Å². The Morgan fingerprint density at radius 1 is 1.16 bits per heavy atom. The normalized spacial score (nSPS) is 11.1. The van der Waals surface area contributed by atoms with Crippen LogP contribution in [0.1, 0.15) is 5.69 Å². The average molecular weight is 375 g/mol. The Bertz CT molecular complexity index is 1070. The van der Waals surface area contributed by atoms with Crippen LogP contribution in [-0.4, -0.2) is 18.2 Å². The molecule has 0 saturated carbocycles. The molecule has 0 spiro atoms. The van der Waals surface area contributed by atoms with E-state index in [0.29, 0.717) is 16.4 Å². The number of nitrogens with zero attached hydrogens (tertiary/aromatic N) is 4. The Hall–Kier alpha value is -2.89. The van der Waals surface area contributed by atoms with Crippen molar-refractivity contribution in [2.24, 2.45) is 0 Å².